The molecule has 2 amide bonds. The van der Waals surface area contributed by atoms with Crippen LogP contribution in [-0.4, -0.2) is 45.6 Å². The van der Waals surface area contributed by atoms with Crippen LogP contribution in [0.4, 0.5) is 10.5 Å². The number of ether oxygens (including phenoxy) is 4. The molecule has 0 saturated carbocycles. The molecule has 28 heavy (non-hydrogen) atoms. The van der Waals surface area contributed by atoms with Gasteiger partial charge in [-0.2, -0.15) is 0 Å². The van der Waals surface area contributed by atoms with Crippen molar-refractivity contribution in [2.45, 2.75) is 13.5 Å². The van der Waals surface area contributed by atoms with Crippen molar-refractivity contribution in [3.8, 4) is 23.0 Å². The van der Waals surface area contributed by atoms with Gasteiger partial charge in [0, 0.05) is 37.0 Å². The van der Waals surface area contributed by atoms with E-state index in [1.165, 1.54) is 34.5 Å². The molecule has 1 aromatic carbocycles. The maximum Gasteiger partial charge on any atom is 0.319 e. The number of nitrogens with one attached hydrogen (secondary N) is 2. The maximum absolute atomic E-state index is 12.2. The molecule has 2 aromatic rings. The minimum atomic E-state index is -0.423. The zero-order chi connectivity index (χ0) is 20.7. The number of hydrogen-bond donors (Lipinski definition) is 2. The first kappa shape index (κ1) is 20.9. The fraction of sp³-hybridized carbons (Fsp3) is 0.368. The highest BCUT2D eigenvalue weighted by Gasteiger charge is 2.14. The number of carbonyl (C=O) groups excluding carboxylic acids is 1. The van der Waals surface area contributed by atoms with E-state index in [-0.39, 0.29) is 12.1 Å². The molecule has 2 N–H and O–H groups in total. The first-order valence-electron chi connectivity index (χ1n) is 8.53. The summed E-state index contributed by atoms with van der Waals surface area (Å²) in [6.45, 7) is 2.40. The number of amides is 2. The first-order valence-corrected chi connectivity index (χ1v) is 8.53. The molecule has 0 bridgehead atoms. The Kier molecular flexibility index (Phi) is 7.14. The molecule has 0 aliphatic heterocycles. The Balaban J connectivity index is 2.01. The summed E-state index contributed by atoms with van der Waals surface area (Å²) in [5, 5.41) is 5.42. The summed E-state index contributed by atoms with van der Waals surface area (Å²) in [5.74, 6) is 1.80. The molecule has 152 valence electrons. The predicted octanol–water partition coefficient (Wildman–Crippen LogP) is 2.01. The van der Waals surface area contributed by atoms with Crippen molar-refractivity contribution in [2.24, 2.45) is 0 Å². The maximum atomic E-state index is 12.2. The minimum Gasteiger partial charge on any atom is -0.496 e. The highest BCUT2D eigenvalue weighted by Crippen LogP contribution is 2.39. The second-order valence-electron chi connectivity index (χ2n) is 5.82. The molecule has 0 saturated heterocycles. The Morgan fingerprint density at radius 2 is 1.61 bits per heavy atom. The number of aryl methyl sites for hydroxylation is 1. The number of pyridine rings is 1. The van der Waals surface area contributed by atoms with Crippen LogP contribution in [0.5, 0.6) is 23.0 Å². The molecule has 0 fully saturated rings. The SMILES string of the molecule is COc1cc(C)n(CCNC(=O)Nc2cc(OC)c(OC)c(OC)c2)c(=O)c1. The molecular weight excluding hydrogens is 366 g/mol. The van der Waals surface area contributed by atoms with Crippen molar-refractivity contribution in [1.82, 2.24) is 9.88 Å². The van der Waals surface area contributed by atoms with Gasteiger partial charge in [0.25, 0.3) is 5.56 Å². The van der Waals surface area contributed by atoms with Gasteiger partial charge < -0.3 is 34.1 Å². The van der Waals surface area contributed by atoms with E-state index in [1.54, 1.807) is 29.7 Å². The number of urea groups is 1. The summed E-state index contributed by atoms with van der Waals surface area (Å²) in [7, 11) is 6.00. The van der Waals surface area contributed by atoms with E-state index in [1.807, 2.05) is 0 Å². The fourth-order valence-electron chi connectivity index (χ4n) is 2.71. The van der Waals surface area contributed by atoms with Crippen LogP contribution in [0.2, 0.25) is 0 Å². The normalized spacial score (nSPS) is 10.2. The summed E-state index contributed by atoms with van der Waals surface area (Å²) < 4.78 is 22.4. The van der Waals surface area contributed by atoms with Gasteiger partial charge in [0.05, 0.1) is 34.1 Å². The third-order valence-electron chi connectivity index (χ3n) is 4.09. The third kappa shape index (κ3) is 4.87. The number of anilines is 1. The molecule has 0 aliphatic carbocycles. The van der Waals surface area contributed by atoms with Crippen molar-refractivity contribution in [2.75, 3.05) is 40.3 Å². The molecule has 0 spiro atoms. The molecule has 2 rings (SSSR count). The number of carbonyl (C=O) groups is 1. The largest absolute Gasteiger partial charge is 0.496 e. The van der Waals surface area contributed by atoms with Crippen LogP contribution in [0.25, 0.3) is 0 Å². The van der Waals surface area contributed by atoms with Crippen LogP contribution in [0.3, 0.4) is 0 Å². The van der Waals surface area contributed by atoms with E-state index in [4.69, 9.17) is 18.9 Å². The van der Waals surface area contributed by atoms with E-state index in [9.17, 15) is 9.59 Å². The van der Waals surface area contributed by atoms with Crippen molar-refractivity contribution in [1.29, 1.82) is 0 Å². The highest BCUT2D eigenvalue weighted by atomic mass is 16.5. The number of benzene rings is 1. The lowest BCUT2D eigenvalue weighted by molar-refractivity contribution is 0.251. The lowest BCUT2D eigenvalue weighted by atomic mass is 10.2. The fourth-order valence-corrected chi connectivity index (χ4v) is 2.71. The van der Waals surface area contributed by atoms with Crippen LogP contribution in [0.1, 0.15) is 5.69 Å². The standard InChI is InChI=1S/C19H25N3O6/c1-12-8-14(25-2)11-17(23)22(12)7-6-20-19(24)21-13-9-15(26-3)18(28-5)16(10-13)27-4/h8-11H,6-7H2,1-5H3,(H2,20,21,24). The molecule has 0 atom stereocenters. The number of rotatable bonds is 8. The van der Waals surface area contributed by atoms with E-state index >= 15 is 0 Å². The van der Waals surface area contributed by atoms with Crippen LogP contribution < -0.4 is 35.1 Å². The van der Waals surface area contributed by atoms with Crippen molar-refractivity contribution in [3.63, 3.8) is 0 Å². The molecule has 9 nitrogen and oxygen atoms in total. The Bertz CT molecular complexity index is 869. The van der Waals surface area contributed by atoms with E-state index in [0.29, 0.717) is 35.2 Å². The summed E-state index contributed by atoms with van der Waals surface area (Å²) in [6.07, 6.45) is 0. The molecular formula is C19H25N3O6. The third-order valence-corrected chi connectivity index (χ3v) is 4.09. The van der Waals surface area contributed by atoms with E-state index < -0.39 is 6.03 Å². The van der Waals surface area contributed by atoms with Gasteiger partial charge in [-0.3, -0.25) is 4.79 Å². The van der Waals surface area contributed by atoms with Crippen LogP contribution >= 0.6 is 0 Å². The van der Waals surface area contributed by atoms with Gasteiger partial charge in [0.1, 0.15) is 5.75 Å². The lowest BCUT2D eigenvalue weighted by Gasteiger charge is -2.15. The second-order valence-corrected chi connectivity index (χ2v) is 5.82. The molecule has 1 aromatic heterocycles. The molecule has 1 heterocycles. The zero-order valence-electron chi connectivity index (χ0n) is 16.6. The Hall–Kier alpha value is -3.36. The van der Waals surface area contributed by atoms with Crippen molar-refractivity contribution < 1.29 is 23.7 Å². The minimum absolute atomic E-state index is 0.191. The van der Waals surface area contributed by atoms with Crippen LogP contribution in [0.15, 0.2) is 29.1 Å². The van der Waals surface area contributed by atoms with Crippen molar-refractivity contribution in [3.05, 3.63) is 40.3 Å². The molecule has 0 aliphatic rings. The van der Waals surface area contributed by atoms with Crippen LogP contribution in [-0.2, 0) is 6.54 Å². The average Bonchev–Trinajstić information content (AvgIpc) is 2.68. The Labute approximate surface area is 163 Å². The molecule has 9 heteroatoms. The summed E-state index contributed by atoms with van der Waals surface area (Å²) >= 11 is 0. The molecule has 0 unspecified atom stereocenters. The highest BCUT2D eigenvalue weighted by molar-refractivity contribution is 5.90. The van der Waals surface area contributed by atoms with Crippen LogP contribution in [0, 0.1) is 6.92 Å². The van der Waals surface area contributed by atoms with Gasteiger partial charge in [0.15, 0.2) is 11.5 Å². The summed E-state index contributed by atoms with van der Waals surface area (Å²) in [6, 6.07) is 5.99. The quantitative estimate of drug-likeness (QED) is 0.714. The number of hydrogen-bond acceptors (Lipinski definition) is 6. The van der Waals surface area contributed by atoms with Gasteiger partial charge in [0.2, 0.25) is 5.75 Å². The van der Waals surface area contributed by atoms with Gasteiger partial charge in [-0.25, -0.2) is 4.79 Å². The first-order chi connectivity index (χ1) is 13.4. The van der Waals surface area contributed by atoms with Gasteiger partial charge in [-0.05, 0) is 13.0 Å². The van der Waals surface area contributed by atoms with Crippen molar-refractivity contribution >= 4 is 11.7 Å². The molecule has 0 radical (unpaired) electrons. The number of aromatic nitrogens is 1. The van der Waals surface area contributed by atoms with Gasteiger partial charge in [-0.15, -0.1) is 0 Å². The Morgan fingerprint density at radius 3 is 2.11 bits per heavy atom. The second kappa shape index (κ2) is 9.54. The smallest absolute Gasteiger partial charge is 0.319 e. The zero-order valence-corrected chi connectivity index (χ0v) is 16.6. The summed E-state index contributed by atoms with van der Waals surface area (Å²) in [4.78, 5) is 24.3. The van der Waals surface area contributed by atoms with E-state index in [2.05, 4.69) is 10.6 Å². The monoisotopic (exact) mass is 391 g/mol. The van der Waals surface area contributed by atoms with E-state index in [0.717, 1.165) is 5.69 Å². The van der Waals surface area contributed by atoms with Gasteiger partial charge >= 0.3 is 6.03 Å². The Morgan fingerprint density at radius 1 is 0.964 bits per heavy atom. The number of nitrogens with zero attached hydrogens (tertiary/aromatic N) is 1. The van der Waals surface area contributed by atoms with Gasteiger partial charge in [-0.1, -0.05) is 0 Å². The summed E-state index contributed by atoms with van der Waals surface area (Å²) in [5.41, 5.74) is 1.03. The average molecular weight is 391 g/mol. The topological polar surface area (TPSA) is 100 Å². The number of methoxy groups -OCH3 is 4. The lowest BCUT2D eigenvalue weighted by Crippen LogP contribution is -2.34. The predicted molar refractivity (Wildman–Crippen MR) is 105 cm³/mol.